The van der Waals surface area contributed by atoms with Crippen molar-refractivity contribution in [3.05, 3.63) is 57.3 Å². The van der Waals surface area contributed by atoms with Crippen LogP contribution < -0.4 is 0 Å². The quantitative estimate of drug-likeness (QED) is 0.846. The monoisotopic (exact) mass is 355 g/mol. The van der Waals surface area contributed by atoms with Gasteiger partial charge >= 0.3 is 0 Å². The first-order chi connectivity index (χ1) is 11.0. The van der Waals surface area contributed by atoms with Crippen LogP contribution in [0.15, 0.2) is 29.6 Å². The van der Waals surface area contributed by atoms with Crippen molar-refractivity contribution in [2.45, 2.75) is 18.7 Å². The smallest absolute Gasteiger partial charge is 0.235 e. The van der Waals surface area contributed by atoms with E-state index in [1.165, 1.54) is 10.9 Å². The van der Waals surface area contributed by atoms with Gasteiger partial charge in [0.1, 0.15) is 5.75 Å². The van der Waals surface area contributed by atoms with E-state index in [4.69, 9.17) is 0 Å². The Bertz CT molecular complexity index is 760. The van der Waals surface area contributed by atoms with Gasteiger partial charge < -0.3 is 4.90 Å². The second-order valence-corrected chi connectivity index (χ2v) is 7.87. The van der Waals surface area contributed by atoms with Crippen LogP contribution in [0.3, 0.4) is 0 Å². The van der Waals surface area contributed by atoms with Crippen LogP contribution in [0.1, 0.15) is 16.0 Å². The summed E-state index contributed by atoms with van der Waals surface area (Å²) in [5, 5.41) is 2.01. The third-order valence-electron chi connectivity index (χ3n) is 3.76. The molecule has 1 aliphatic heterocycles. The number of halogens is 2. The van der Waals surface area contributed by atoms with Gasteiger partial charge in [-0.25, -0.2) is 8.78 Å². The molecule has 1 aromatic heterocycles. The zero-order valence-electron chi connectivity index (χ0n) is 12.3. The molecule has 2 aromatic rings. The maximum Gasteiger partial charge on any atom is 0.235 e. The molecule has 1 amide bonds. The number of thiophene rings is 1. The van der Waals surface area contributed by atoms with Crippen LogP contribution in [0, 0.1) is 11.6 Å². The number of amides is 1. The molecule has 0 radical (unpaired) electrons. The highest BCUT2D eigenvalue weighted by atomic mass is 32.2. The molecule has 0 spiro atoms. The van der Waals surface area contributed by atoms with Crippen LogP contribution in [0.4, 0.5) is 8.78 Å². The third-order valence-corrected chi connectivity index (χ3v) is 6.00. The number of hydrogen-bond donors (Lipinski definition) is 0. The molecule has 1 aliphatic rings. The Morgan fingerprint density at radius 2 is 2.09 bits per heavy atom. The summed E-state index contributed by atoms with van der Waals surface area (Å²) in [5.74, 6) is -2.12. The third kappa shape index (κ3) is 3.84. The zero-order chi connectivity index (χ0) is 16.4. The summed E-state index contributed by atoms with van der Waals surface area (Å²) >= 11 is 1.69. The topological polar surface area (TPSA) is 37.4 Å². The molecule has 1 unspecified atom stereocenters. The number of benzene rings is 1. The summed E-state index contributed by atoms with van der Waals surface area (Å²) in [6, 6.07) is 5.43. The van der Waals surface area contributed by atoms with Crippen LogP contribution in [-0.2, 0) is 34.3 Å². The molecule has 1 aromatic carbocycles. The summed E-state index contributed by atoms with van der Waals surface area (Å²) in [4.78, 5) is 15.3. The predicted molar refractivity (Wildman–Crippen MR) is 86.5 cm³/mol. The lowest BCUT2D eigenvalue weighted by Gasteiger charge is -2.26. The highest BCUT2D eigenvalue weighted by Gasteiger charge is 2.22. The minimum atomic E-state index is -1.44. The van der Waals surface area contributed by atoms with E-state index >= 15 is 0 Å². The van der Waals surface area contributed by atoms with Crippen LogP contribution in [0.2, 0.25) is 0 Å². The molecule has 3 rings (SSSR count). The molecule has 7 heteroatoms. The van der Waals surface area contributed by atoms with Crippen molar-refractivity contribution in [1.82, 2.24) is 4.90 Å². The molecule has 0 bridgehead atoms. The lowest BCUT2D eigenvalue weighted by molar-refractivity contribution is -0.129. The van der Waals surface area contributed by atoms with Gasteiger partial charge in [-0.3, -0.25) is 9.00 Å². The van der Waals surface area contributed by atoms with Gasteiger partial charge in [-0.05, 0) is 41.1 Å². The predicted octanol–water partition coefficient (Wildman–Crippen LogP) is 2.86. The molecule has 3 nitrogen and oxygen atoms in total. The number of carbonyl (C=O) groups is 1. The minimum absolute atomic E-state index is 0.0421. The fourth-order valence-electron chi connectivity index (χ4n) is 2.56. The Kier molecular flexibility index (Phi) is 4.87. The first-order valence-electron chi connectivity index (χ1n) is 7.15. The number of rotatable bonds is 4. The Hall–Kier alpha value is -1.60. The van der Waals surface area contributed by atoms with E-state index in [9.17, 15) is 17.8 Å². The molecule has 0 aliphatic carbocycles. The second-order valence-electron chi connectivity index (χ2n) is 5.41. The molecule has 0 saturated heterocycles. The van der Waals surface area contributed by atoms with Crippen molar-refractivity contribution in [2.75, 3.05) is 12.3 Å². The largest absolute Gasteiger partial charge is 0.337 e. The lowest BCUT2D eigenvalue weighted by atomic mass is 10.1. The molecular weight excluding hydrogens is 340 g/mol. The van der Waals surface area contributed by atoms with Crippen molar-refractivity contribution in [3.63, 3.8) is 0 Å². The average molecular weight is 355 g/mol. The van der Waals surface area contributed by atoms with Gasteiger partial charge in [-0.2, -0.15) is 0 Å². The maximum atomic E-state index is 13.1. The first kappa shape index (κ1) is 16.3. The van der Waals surface area contributed by atoms with Gasteiger partial charge in [0, 0.05) is 34.5 Å². The van der Waals surface area contributed by atoms with Crippen LogP contribution >= 0.6 is 11.3 Å². The summed E-state index contributed by atoms with van der Waals surface area (Å²) in [6.07, 6.45) is 0.828. The summed E-state index contributed by atoms with van der Waals surface area (Å²) in [7, 11) is -1.44. The van der Waals surface area contributed by atoms with E-state index in [-0.39, 0.29) is 17.4 Å². The SMILES string of the molecule is O=C(CS(=O)Cc1ccc(F)c(F)c1)N1CCc2sccc2C1. The summed E-state index contributed by atoms with van der Waals surface area (Å²) in [6.45, 7) is 1.19. The summed E-state index contributed by atoms with van der Waals surface area (Å²) < 4.78 is 38.1. The number of fused-ring (bicyclic) bond motifs is 1. The molecule has 0 saturated carbocycles. The highest BCUT2D eigenvalue weighted by Crippen LogP contribution is 2.24. The summed E-state index contributed by atoms with van der Waals surface area (Å²) in [5.41, 5.74) is 1.58. The molecule has 2 heterocycles. The molecule has 1 atom stereocenters. The highest BCUT2D eigenvalue weighted by molar-refractivity contribution is 7.84. The van der Waals surface area contributed by atoms with Crippen molar-refractivity contribution in [1.29, 1.82) is 0 Å². The standard InChI is InChI=1S/C16H15F2NO2S2/c17-13-2-1-11(7-14(13)18)9-23(21)10-16(20)19-5-3-15-12(8-19)4-6-22-15/h1-2,4,6-7H,3,5,8-10H2. The number of carbonyl (C=O) groups excluding carboxylic acids is 1. The van der Waals surface area contributed by atoms with Crippen LogP contribution in [-0.4, -0.2) is 27.3 Å². The normalized spacial score (nSPS) is 15.3. The fraction of sp³-hybridized carbons (Fsp3) is 0.312. The second kappa shape index (κ2) is 6.88. The molecule has 0 fully saturated rings. The van der Waals surface area contributed by atoms with E-state index in [1.807, 2.05) is 11.4 Å². The van der Waals surface area contributed by atoms with Crippen LogP contribution in [0.25, 0.3) is 0 Å². The molecule has 122 valence electrons. The van der Waals surface area contributed by atoms with Gasteiger partial charge in [-0.15, -0.1) is 11.3 Å². The maximum absolute atomic E-state index is 13.1. The van der Waals surface area contributed by atoms with E-state index in [0.29, 0.717) is 18.7 Å². The minimum Gasteiger partial charge on any atom is -0.337 e. The van der Waals surface area contributed by atoms with E-state index in [0.717, 1.165) is 24.1 Å². The van der Waals surface area contributed by atoms with Crippen molar-refractivity contribution in [3.8, 4) is 0 Å². The number of hydrogen-bond acceptors (Lipinski definition) is 3. The van der Waals surface area contributed by atoms with Gasteiger partial charge in [-0.1, -0.05) is 6.07 Å². The molecule has 0 N–H and O–H groups in total. The van der Waals surface area contributed by atoms with Crippen molar-refractivity contribution in [2.24, 2.45) is 0 Å². The zero-order valence-corrected chi connectivity index (χ0v) is 13.9. The van der Waals surface area contributed by atoms with E-state index in [2.05, 4.69) is 0 Å². The van der Waals surface area contributed by atoms with Crippen LogP contribution in [0.5, 0.6) is 0 Å². The number of nitrogens with zero attached hydrogens (tertiary/aromatic N) is 1. The van der Waals surface area contributed by atoms with Crippen molar-refractivity contribution < 1.29 is 17.8 Å². The Balaban J connectivity index is 1.57. The Morgan fingerprint density at radius 3 is 2.87 bits per heavy atom. The van der Waals surface area contributed by atoms with E-state index < -0.39 is 22.4 Å². The molecule has 23 heavy (non-hydrogen) atoms. The van der Waals surface area contributed by atoms with Crippen molar-refractivity contribution >= 4 is 28.0 Å². The molecular formula is C16H15F2NO2S2. The Morgan fingerprint density at radius 1 is 1.26 bits per heavy atom. The van der Waals surface area contributed by atoms with Gasteiger partial charge in [0.05, 0.1) is 0 Å². The van der Waals surface area contributed by atoms with Gasteiger partial charge in [0.25, 0.3) is 0 Å². The average Bonchev–Trinajstić information content (AvgIpc) is 2.98. The first-order valence-corrected chi connectivity index (χ1v) is 9.51. The van der Waals surface area contributed by atoms with E-state index in [1.54, 1.807) is 16.2 Å². The van der Waals surface area contributed by atoms with Gasteiger partial charge in [0.2, 0.25) is 5.91 Å². The lowest BCUT2D eigenvalue weighted by Crippen LogP contribution is -2.38. The van der Waals surface area contributed by atoms with Gasteiger partial charge in [0.15, 0.2) is 11.6 Å². The Labute approximate surface area is 139 Å². The fourth-order valence-corrected chi connectivity index (χ4v) is 4.56.